The quantitative estimate of drug-likeness (QED) is 0.757. The van der Waals surface area contributed by atoms with Crippen LogP contribution < -0.4 is 10.6 Å². The number of carbonyl (C=O) groups excluding carboxylic acids is 1. The number of thiazole rings is 1. The summed E-state index contributed by atoms with van der Waals surface area (Å²) in [7, 11) is 0. The number of anilines is 2. The molecule has 6 nitrogen and oxygen atoms in total. The molecule has 2 N–H and O–H groups in total. The second-order valence-electron chi connectivity index (χ2n) is 4.61. The standard InChI is InChI=1S/C15H11N5OS/c1-9-2-5-13(17-8-9)19-14(21)20-15-18-11-4-3-10(7-16)6-12(11)22-15/h2-6,8H,1H3,(H2,17,18,19,20,21). The van der Waals surface area contributed by atoms with Crippen LogP contribution in [0.4, 0.5) is 15.7 Å². The van der Waals surface area contributed by atoms with Gasteiger partial charge in [-0.1, -0.05) is 17.4 Å². The van der Waals surface area contributed by atoms with Gasteiger partial charge in [0.15, 0.2) is 5.13 Å². The van der Waals surface area contributed by atoms with Crippen LogP contribution in [0.15, 0.2) is 36.5 Å². The van der Waals surface area contributed by atoms with Gasteiger partial charge in [-0.05, 0) is 36.8 Å². The predicted molar refractivity (Wildman–Crippen MR) is 86.0 cm³/mol. The number of fused-ring (bicyclic) bond motifs is 1. The highest BCUT2D eigenvalue weighted by atomic mass is 32.1. The molecule has 3 rings (SSSR count). The number of aryl methyl sites for hydroxylation is 1. The lowest BCUT2D eigenvalue weighted by Gasteiger charge is -2.04. The van der Waals surface area contributed by atoms with Crippen molar-refractivity contribution in [3.05, 3.63) is 47.7 Å². The van der Waals surface area contributed by atoms with Gasteiger partial charge in [0.1, 0.15) is 5.82 Å². The van der Waals surface area contributed by atoms with Gasteiger partial charge in [0.25, 0.3) is 0 Å². The van der Waals surface area contributed by atoms with E-state index in [1.807, 2.05) is 13.0 Å². The van der Waals surface area contributed by atoms with Gasteiger partial charge >= 0.3 is 6.03 Å². The van der Waals surface area contributed by atoms with Crippen LogP contribution in [0.5, 0.6) is 0 Å². The number of urea groups is 1. The molecule has 3 aromatic rings. The molecule has 2 amide bonds. The summed E-state index contributed by atoms with van der Waals surface area (Å²) in [6.45, 7) is 1.92. The Balaban J connectivity index is 1.73. The molecule has 0 saturated carbocycles. The Morgan fingerprint density at radius 2 is 2.14 bits per heavy atom. The number of aromatic nitrogens is 2. The molecule has 0 aliphatic rings. The van der Waals surface area contributed by atoms with E-state index in [2.05, 4.69) is 26.7 Å². The number of nitriles is 1. The molecule has 2 aromatic heterocycles. The normalized spacial score (nSPS) is 10.2. The predicted octanol–water partition coefficient (Wildman–Crippen LogP) is 3.52. The van der Waals surface area contributed by atoms with Crippen molar-refractivity contribution in [1.82, 2.24) is 9.97 Å². The minimum Gasteiger partial charge on any atom is -0.292 e. The van der Waals surface area contributed by atoms with E-state index in [4.69, 9.17) is 5.26 Å². The van der Waals surface area contributed by atoms with Crippen molar-refractivity contribution < 1.29 is 4.79 Å². The summed E-state index contributed by atoms with van der Waals surface area (Å²) < 4.78 is 0.850. The number of amides is 2. The maximum absolute atomic E-state index is 11.9. The minimum atomic E-state index is -0.407. The maximum atomic E-state index is 11.9. The molecule has 0 atom stereocenters. The van der Waals surface area contributed by atoms with Gasteiger partial charge in [-0.15, -0.1) is 0 Å². The highest BCUT2D eigenvalue weighted by Gasteiger charge is 2.09. The Kier molecular flexibility index (Phi) is 3.68. The monoisotopic (exact) mass is 309 g/mol. The fourth-order valence-corrected chi connectivity index (χ4v) is 2.73. The molecule has 1 aromatic carbocycles. The van der Waals surface area contributed by atoms with Crippen LogP contribution in [0, 0.1) is 18.3 Å². The van der Waals surface area contributed by atoms with E-state index in [1.165, 1.54) is 11.3 Å². The largest absolute Gasteiger partial charge is 0.326 e. The Morgan fingerprint density at radius 3 is 2.86 bits per heavy atom. The lowest BCUT2D eigenvalue weighted by atomic mass is 10.2. The SMILES string of the molecule is Cc1ccc(NC(=O)Nc2nc3ccc(C#N)cc3s2)nc1. The number of carbonyl (C=O) groups is 1. The van der Waals surface area contributed by atoms with Gasteiger partial charge in [-0.25, -0.2) is 14.8 Å². The molecular formula is C15H11N5OS. The molecular weight excluding hydrogens is 298 g/mol. The fraction of sp³-hybridized carbons (Fsp3) is 0.0667. The third-order valence-electron chi connectivity index (χ3n) is 2.89. The first-order valence-electron chi connectivity index (χ1n) is 6.45. The van der Waals surface area contributed by atoms with Crippen molar-refractivity contribution in [2.45, 2.75) is 6.92 Å². The first kappa shape index (κ1) is 14.0. The van der Waals surface area contributed by atoms with Crippen LogP contribution in [-0.2, 0) is 0 Å². The zero-order valence-electron chi connectivity index (χ0n) is 11.6. The molecule has 7 heteroatoms. The third kappa shape index (κ3) is 3.02. The van der Waals surface area contributed by atoms with E-state index >= 15 is 0 Å². The topological polar surface area (TPSA) is 90.7 Å². The van der Waals surface area contributed by atoms with Crippen LogP contribution in [0.3, 0.4) is 0 Å². The van der Waals surface area contributed by atoms with Crippen molar-refractivity contribution in [3.8, 4) is 6.07 Å². The molecule has 0 spiro atoms. The average molecular weight is 309 g/mol. The molecule has 22 heavy (non-hydrogen) atoms. The molecule has 0 fully saturated rings. The first-order valence-corrected chi connectivity index (χ1v) is 7.27. The smallest absolute Gasteiger partial charge is 0.292 e. The summed E-state index contributed by atoms with van der Waals surface area (Å²) in [5.41, 5.74) is 2.33. The van der Waals surface area contributed by atoms with Crippen LogP contribution in [0.1, 0.15) is 11.1 Å². The molecule has 0 aliphatic heterocycles. The van der Waals surface area contributed by atoms with Gasteiger partial charge in [0.05, 0.1) is 21.8 Å². The van der Waals surface area contributed by atoms with Crippen LogP contribution in [0.2, 0.25) is 0 Å². The van der Waals surface area contributed by atoms with Crippen molar-refractivity contribution in [1.29, 1.82) is 5.26 Å². The molecule has 0 radical (unpaired) electrons. The van der Waals surface area contributed by atoms with Crippen LogP contribution in [-0.4, -0.2) is 16.0 Å². The lowest BCUT2D eigenvalue weighted by Crippen LogP contribution is -2.19. The minimum absolute atomic E-state index is 0.407. The Morgan fingerprint density at radius 1 is 1.27 bits per heavy atom. The number of nitrogens with zero attached hydrogens (tertiary/aromatic N) is 3. The summed E-state index contributed by atoms with van der Waals surface area (Å²) >= 11 is 1.31. The number of nitrogens with one attached hydrogen (secondary N) is 2. The zero-order valence-corrected chi connectivity index (χ0v) is 12.4. The van der Waals surface area contributed by atoms with Crippen molar-refractivity contribution in [3.63, 3.8) is 0 Å². The lowest BCUT2D eigenvalue weighted by molar-refractivity contribution is 0.262. The Labute approximate surface area is 130 Å². The number of rotatable bonds is 2. The van der Waals surface area contributed by atoms with Crippen molar-refractivity contribution >= 4 is 38.5 Å². The van der Waals surface area contributed by atoms with E-state index in [0.717, 1.165) is 15.8 Å². The van der Waals surface area contributed by atoms with E-state index in [9.17, 15) is 4.79 Å². The first-order chi connectivity index (χ1) is 10.6. The molecule has 0 unspecified atom stereocenters. The van der Waals surface area contributed by atoms with Crippen molar-refractivity contribution in [2.24, 2.45) is 0 Å². The number of hydrogen-bond acceptors (Lipinski definition) is 5. The van der Waals surface area contributed by atoms with Crippen LogP contribution >= 0.6 is 11.3 Å². The van der Waals surface area contributed by atoms with E-state index in [-0.39, 0.29) is 0 Å². The van der Waals surface area contributed by atoms with E-state index in [0.29, 0.717) is 16.5 Å². The number of pyridine rings is 1. The van der Waals surface area contributed by atoms with Gasteiger partial charge in [0.2, 0.25) is 0 Å². The Bertz CT molecular complexity index is 879. The summed E-state index contributed by atoms with van der Waals surface area (Å²) in [6.07, 6.45) is 1.68. The van der Waals surface area contributed by atoms with Gasteiger partial charge in [0, 0.05) is 6.20 Å². The second kappa shape index (κ2) is 5.79. The van der Waals surface area contributed by atoms with E-state index in [1.54, 1.807) is 30.5 Å². The highest BCUT2D eigenvalue weighted by molar-refractivity contribution is 7.22. The number of hydrogen-bond donors (Lipinski definition) is 2. The molecule has 0 aliphatic carbocycles. The molecule has 0 bridgehead atoms. The van der Waals surface area contributed by atoms with Gasteiger partial charge in [-0.3, -0.25) is 10.6 Å². The molecule has 2 heterocycles. The zero-order chi connectivity index (χ0) is 15.5. The highest BCUT2D eigenvalue weighted by Crippen LogP contribution is 2.26. The van der Waals surface area contributed by atoms with E-state index < -0.39 is 6.03 Å². The average Bonchev–Trinajstić information content (AvgIpc) is 2.90. The summed E-state index contributed by atoms with van der Waals surface area (Å²) in [5.74, 6) is 0.468. The van der Waals surface area contributed by atoms with Crippen molar-refractivity contribution in [2.75, 3.05) is 10.6 Å². The Hall–Kier alpha value is -2.98. The number of benzene rings is 1. The van der Waals surface area contributed by atoms with Gasteiger partial charge < -0.3 is 0 Å². The van der Waals surface area contributed by atoms with Gasteiger partial charge in [-0.2, -0.15) is 5.26 Å². The second-order valence-corrected chi connectivity index (χ2v) is 5.64. The molecule has 108 valence electrons. The third-order valence-corrected chi connectivity index (χ3v) is 3.82. The maximum Gasteiger partial charge on any atom is 0.326 e. The molecule has 0 saturated heterocycles. The fourth-order valence-electron chi connectivity index (χ4n) is 1.83. The summed E-state index contributed by atoms with van der Waals surface area (Å²) in [4.78, 5) is 20.3. The van der Waals surface area contributed by atoms with Crippen LogP contribution in [0.25, 0.3) is 10.2 Å². The summed E-state index contributed by atoms with van der Waals surface area (Å²) in [6, 6.07) is 10.5. The summed E-state index contributed by atoms with van der Waals surface area (Å²) in [5, 5.41) is 14.7.